The molecule has 0 aromatic carbocycles. The molecular weight excluding hydrogens is 315 g/mol. The first kappa shape index (κ1) is 17.2. The number of primary amides is 1. The number of carbonyl (C=O) groups excluding carboxylic acids is 2. The van der Waals surface area contributed by atoms with E-state index in [4.69, 9.17) is 10.5 Å². The van der Waals surface area contributed by atoms with Gasteiger partial charge in [-0.15, -0.1) is 0 Å². The number of alkyl halides is 3. The predicted molar refractivity (Wildman–Crippen MR) is 74.5 cm³/mol. The van der Waals surface area contributed by atoms with Gasteiger partial charge in [0.25, 0.3) is 11.8 Å². The molecule has 23 heavy (non-hydrogen) atoms. The van der Waals surface area contributed by atoms with Gasteiger partial charge in [-0.05, 0) is 31.4 Å². The number of nitrogens with one attached hydrogen (secondary N) is 1. The maximum atomic E-state index is 13.1. The van der Waals surface area contributed by atoms with Gasteiger partial charge in [0.1, 0.15) is 11.8 Å². The van der Waals surface area contributed by atoms with E-state index in [9.17, 15) is 22.8 Å². The number of nitrogens with zero attached hydrogens (tertiary/aromatic N) is 1. The minimum atomic E-state index is -4.57. The van der Waals surface area contributed by atoms with Crippen LogP contribution >= 0.6 is 0 Å². The van der Waals surface area contributed by atoms with Crippen LogP contribution in [0.4, 0.5) is 18.9 Å². The molecule has 0 radical (unpaired) electrons. The van der Waals surface area contributed by atoms with E-state index >= 15 is 0 Å². The summed E-state index contributed by atoms with van der Waals surface area (Å²) in [6.07, 6.45) is -4.61. The number of amides is 2. The van der Waals surface area contributed by atoms with E-state index in [1.807, 2.05) is 0 Å². The van der Waals surface area contributed by atoms with Gasteiger partial charge >= 0.3 is 6.18 Å². The summed E-state index contributed by atoms with van der Waals surface area (Å²) in [5.74, 6) is -2.36. The van der Waals surface area contributed by atoms with Crippen LogP contribution in [0.1, 0.15) is 30.8 Å². The molecule has 0 saturated carbocycles. The van der Waals surface area contributed by atoms with Gasteiger partial charge in [0.05, 0.1) is 0 Å². The fourth-order valence-electron chi connectivity index (χ4n) is 2.38. The zero-order chi connectivity index (χ0) is 17.4. The third-order valence-electron chi connectivity index (χ3n) is 4.03. The van der Waals surface area contributed by atoms with E-state index in [0.29, 0.717) is 0 Å². The monoisotopic (exact) mass is 331 g/mol. The van der Waals surface area contributed by atoms with Crippen LogP contribution in [-0.2, 0) is 9.53 Å². The Morgan fingerprint density at radius 3 is 2.65 bits per heavy atom. The first-order chi connectivity index (χ1) is 10.5. The number of nitrogens with two attached hydrogens (primary N) is 1. The molecule has 0 aliphatic carbocycles. The van der Waals surface area contributed by atoms with Crippen molar-refractivity contribution in [3.63, 3.8) is 0 Å². The quantitative estimate of drug-likeness (QED) is 0.884. The van der Waals surface area contributed by atoms with Crippen molar-refractivity contribution in [2.45, 2.75) is 38.1 Å². The highest BCUT2D eigenvalue weighted by atomic mass is 19.4. The average molecular weight is 331 g/mol. The molecule has 3 atom stereocenters. The normalized spacial score (nSPS) is 27.7. The number of pyridine rings is 1. The summed E-state index contributed by atoms with van der Waals surface area (Å²) in [5, 5.41) is 2.41. The van der Waals surface area contributed by atoms with E-state index in [1.54, 1.807) is 0 Å². The van der Waals surface area contributed by atoms with Crippen LogP contribution in [0.2, 0.25) is 0 Å². The molecule has 0 spiro atoms. The molecule has 126 valence electrons. The highest BCUT2D eigenvalue weighted by Gasteiger charge is 2.61. The Kier molecular flexibility index (Phi) is 4.34. The van der Waals surface area contributed by atoms with E-state index < -0.39 is 35.6 Å². The first-order valence-electron chi connectivity index (χ1n) is 6.86. The number of hydrogen-bond donors (Lipinski definition) is 2. The van der Waals surface area contributed by atoms with E-state index in [0.717, 1.165) is 6.92 Å². The Bertz CT molecular complexity index is 635. The van der Waals surface area contributed by atoms with Crippen LogP contribution in [0.15, 0.2) is 18.3 Å². The summed E-state index contributed by atoms with van der Waals surface area (Å²) >= 11 is 0. The summed E-state index contributed by atoms with van der Waals surface area (Å²) < 4.78 is 44.2. The third-order valence-corrected chi connectivity index (χ3v) is 4.03. The number of aromatic nitrogens is 1. The number of carbonyl (C=O) groups is 2. The maximum absolute atomic E-state index is 13.1. The lowest BCUT2D eigenvalue weighted by Crippen LogP contribution is -2.47. The second-order valence-corrected chi connectivity index (χ2v) is 5.63. The first-order valence-corrected chi connectivity index (χ1v) is 6.86. The fourth-order valence-corrected chi connectivity index (χ4v) is 2.38. The Morgan fingerprint density at radius 2 is 2.13 bits per heavy atom. The Morgan fingerprint density at radius 1 is 1.48 bits per heavy atom. The number of rotatable bonds is 3. The molecule has 3 N–H and O–H groups in total. The fraction of sp³-hybridized carbons (Fsp3) is 0.500. The molecule has 6 nitrogen and oxygen atoms in total. The molecule has 1 saturated heterocycles. The minimum Gasteiger partial charge on any atom is -0.364 e. The van der Waals surface area contributed by atoms with Gasteiger partial charge in [-0.2, -0.15) is 13.2 Å². The molecule has 2 amide bonds. The number of hydrogen-bond acceptors (Lipinski definition) is 4. The molecule has 1 aliphatic rings. The summed E-state index contributed by atoms with van der Waals surface area (Å²) in [6, 6.07) is 2.63. The van der Waals surface area contributed by atoms with Crippen LogP contribution in [0.25, 0.3) is 0 Å². The summed E-state index contributed by atoms with van der Waals surface area (Å²) in [4.78, 5) is 26.9. The second-order valence-electron chi connectivity index (χ2n) is 5.63. The van der Waals surface area contributed by atoms with Gasteiger partial charge in [-0.25, -0.2) is 0 Å². The van der Waals surface area contributed by atoms with Crippen LogP contribution < -0.4 is 11.1 Å². The lowest BCUT2D eigenvalue weighted by molar-refractivity contribution is -0.272. The number of anilines is 1. The van der Waals surface area contributed by atoms with Gasteiger partial charge in [-0.3, -0.25) is 14.6 Å². The highest BCUT2D eigenvalue weighted by Crippen LogP contribution is 2.46. The molecule has 2 rings (SSSR count). The summed E-state index contributed by atoms with van der Waals surface area (Å²) in [7, 11) is 0. The second kappa shape index (κ2) is 5.80. The average Bonchev–Trinajstić information content (AvgIpc) is 2.76. The van der Waals surface area contributed by atoms with Crippen molar-refractivity contribution < 1.29 is 27.5 Å². The Balaban J connectivity index is 2.11. The summed E-state index contributed by atoms with van der Waals surface area (Å²) in [5.41, 5.74) is 2.84. The summed E-state index contributed by atoms with van der Waals surface area (Å²) in [6.45, 7) is 2.32. The van der Waals surface area contributed by atoms with Gasteiger partial charge < -0.3 is 15.8 Å². The van der Waals surface area contributed by atoms with E-state index in [2.05, 4.69) is 10.3 Å². The van der Waals surface area contributed by atoms with Crippen molar-refractivity contribution in [3.05, 3.63) is 24.0 Å². The Labute approximate surface area is 130 Å². The zero-order valence-corrected chi connectivity index (χ0v) is 12.5. The lowest BCUT2D eigenvalue weighted by atomic mass is 9.89. The molecule has 1 fully saturated rings. The van der Waals surface area contributed by atoms with Crippen molar-refractivity contribution in [2.75, 3.05) is 5.32 Å². The topological polar surface area (TPSA) is 94.3 Å². The van der Waals surface area contributed by atoms with Crippen LogP contribution in [0.3, 0.4) is 0 Å². The minimum absolute atomic E-state index is 0.0599. The highest BCUT2D eigenvalue weighted by molar-refractivity contribution is 5.96. The van der Waals surface area contributed by atoms with Crippen molar-refractivity contribution in [3.8, 4) is 0 Å². The van der Waals surface area contributed by atoms with Crippen molar-refractivity contribution in [1.82, 2.24) is 4.98 Å². The maximum Gasteiger partial charge on any atom is 0.417 e. The largest absolute Gasteiger partial charge is 0.417 e. The van der Waals surface area contributed by atoms with E-state index in [1.165, 1.54) is 25.3 Å². The van der Waals surface area contributed by atoms with E-state index in [-0.39, 0.29) is 17.8 Å². The lowest BCUT2D eigenvalue weighted by Gasteiger charge is -2.30. The van der Waals surface area contributed by atoms with Gasteiger partial charge in [0, 0.05) is 11.9 Å². The van der Waals surface area contributed by atoms with Crippen LogP contribution in [0, 0.1) is 5.92 Å². The smallest absolute Gasteiger partial charge is 0.364 e. The molecule has 1 aliphatic heterocycles. The molecule has 2 heterocycles. The molecule has 0 bridgehead atoms. The standard InChI is InChI=1S/C14H16F3N3O3/c1-7-5-10(23-13(7,2)14(15,16)17)12(22)20-8-3-4-19-9(6-8)11(18)21/h3-4,6-7,10H,5H2,1-2H3,(H2,18,21)(H,19,20,22)/t7?,10?,13-/m0/s1. The molecular formula is C14H16F3N3O3. The van der Waals surface area contributed by atoms with Gasteiger partial charge in [-0.1, -0.05) is 6.92 Å². The zero-order valence-electron chi connectivity index (χ0n) is 12.5. The predicted octanol–water partition coefficient (Wildman–Crippen LogP) is 1.86. The van der Waals surface area contributed by atoms with Gasteiger partial charge in [0.15, 0.2) is 5.60 Å². The molecule has 1 aromatic heterocycles. The van der Waals surface area contributed by atoms with Crippen molar-refractivity contribution >= 4 is 17.5 Å². The molecule has 2 unspecified atom stereocenters. The molecule has 9 heteroatoms. The van der Waals surface area contributed by atoms with Crippen LogP contribution in [0.5, 0.6) is 0 Å². The third kappa shape index (κ3) is 3.29. The SMILES string of the molecule is CC1CC(C(=O)Nc2ccnc(C(N)=O)c2)O[C@]1(C)C(F)(F)F. The van der Waals surface area contributed by atoms with Crippen molar-refractivity contribution in [2.24, 2.45) is 11.7 Å². The number of halogens is 3. The van der Waals surface area contributed by atoms with Gasteiger partial charge in [0.2, 0.25) is 0 Å². The Hall–Kier alpha value is -2.16. The molecule has 1 aromatic rings. The van der Waals surface area contributed by atoms with Crippen molar-refractivity contribution in [1.29, 1.82) is 0 Å². The van der Waals surface area contributed by atoms with Crippen LogP contribution in [-0.4, -0.2) is 34.7 Å². The number of ether oxygens (including phenoxy) is 1.